The zero-order valence-corrected chi connectivity index (χ0v) is 9.30. The number of rotatable bonds is 3. The first-order chi connectivity index (χ1) is 7.35. The van der Waals surface area contributed by atoms with Gasteiger partial charge in [0.2, 0.25) is 0 Å². The Kier molecular flexibility index (Phi) is 3.80. The van der Waals surface area contributed by atoms with E-state index in [1.807, 2.05) is 0 Å². The van der Waals surface area contributed by atoms with Crippen LogP contribution >= 0.6 is 0 Å². The van der Waals surface area contributed by atoms with Crippen LogP contribution in [0.3, 0.4) is 0 Å². The van der Waals surface area contributed by atoms with E-state index >= 15 is 0 Å². The van der Waals surface area contributed by atoms with Crippen molar-refractivity contribution in [3.05, 3.63) is 29.3 Å². The fourth-order valence-electron chi connectivity index (χ4n) is 1.78. The predicted octanol–water partition coefficient (Wildman–Crippen LogP) is 2.45. The van der Waals surface area contributed by atoms with Crippen molar-refractivity contribution in [3.8, 4) is 0 Å². The highest BCUT2D eigenvalue weighted by atomic mass is 19.4. The van der Waals surface area contributed by atoms with Crippen molar-refractivity contribution in [2.45, 2.75) is 19.6 Å². The average molecular weight is 232 g/mol. The Morgan fingerprint density at radius 1 is 1.31 bits per heavy atom. The lowest BCUT2D eigenvalue weighted by molar-refractivity contribution is -0.119. The second-order valence-corrected chi connectivity index (χ2v) is 3.76. The highest BCUT2D eigenvalue weighted by Crippen LogP contribution is 2.27. The molecular formula is C11H15F3N2. The fraction of sp³-hybridized carbons (Fsp3) is 0.455. The molecule has 2 nitrogen and oxygen atoms in total. The summed E-state index contributed by atoms with van der Waals surface area (Å²) in [6.45, 7) is 1.05. The monoisotopic (exact) mass is 232 g/mol. The van der Waals surface area contributed by atoms with Gasteiger partial charge in [0.1, 0.15) is 6.54 Å². The van der Waals surface area contributed by atoms with Crippen molar-refractivity contribution in [2.75, 3.05) is 18.5 Å². The molecule has 16 heavy (non-hydrogen) atoms. The number of nitrogens with two attached hydrogens (primary N) is 1. The Balaban J connectivity index is 3.02. The predicted molar refractivity (Wildman–Crippen MR) is 58.4 cm³/mol. The Labute approximate surface area is 92.9 Å². The average Bonchev–Trinajstić information content (AvgIpc) is 2.14. The van der Waals surface area contributed by atoms with Crippen LogP contribution in [0.1, 0.15) is 11.1 Å². The van der Waals surface area contributed by atoms with Crippen LogP contribution in [0.25, 0.3) is 0 Å². The molecule has 1 rings (SSSR count). The molecule has 0 aliphatic heterocycles. The lowest BCUT2D eigenvalue weighted by Gasteiger charge is -2.25. The van der Waals surface area contributed by atoms with Crippen LogP contribution < -0.4 is 10.6 Å². The summed E-state index contributed by atoms with van der Waals surface area (Å²) in [6, 6.07) is 5.32. The Morgan fingerprint density at radius 2 is 1.94 bits per heavy atom. The van der Waals surface area contributed by atoms with E-state index in [1.165, 1.54) is 11.9 Å². The molecule has 0 aromatic heterocycles. The Bertz CT molecular complexity index is 361. The van der Waals surface area contributed by atoms with Gasteiger partial charge < -0.3 is 10.6 Å². The third-order valence-electron chi connectivity index (χ3n) is 2.34. The molecule has 0 spiro atoms. The zero-order valence-electron chi connectivity index (χ0n) is 9.30. The highest BCUT2D eigenvalue weighted by molar-refractivity contribution is 5.59. The van der Waals surface area contributed by atoms with Gasteiger partial charge in [0.05, 0.1) is 0 Å². The number of hydrogen-bond acceptors (Lipinski definition) is 2. The maximum absolute atomic E-state index is 12.3. The third-order valence-corrected chi connectivity index (χ3v) is 2.34. The van der Waals surface area contributed by atoms with Crippen molar-refractivity contribution < 1.29 is 13.2 Å². The summed E-state index contributed by atoms with van der Waals surface area (Å²) in [5.41, 5.74) is 7.61. The summed E-state index contributed by atoms with van der Waals surface area (Å²) in [5.74, 6) is 0. The van der Waals surface area contributed by atoms with Crippen LogP contribution in [0.15, 0.2) is 18.2 Å². The molecule has 0 amide bonds. The molecule has 0 heterocycles. The van der Waals surface area contributed by atoms with Crippen molar-refractivity contribution >= 4 is 5.69 Å². The largest absolute Gasteiger partial charge is 0.405 e. The summed E-state index contributed by atoms with van der Waals surface area (Å²) in [5, 5.41) is 0. The van der Waals surface area contributed by atoms with Crippen LogP contribution in [0.5, 0.6) is 0 Å². The SMILES string of the molecule is Cc1cccc(CN)c1N(C)CC(F)(F)F. The maximum atomic E-state index is 12.3. The van der Waals surface area contributed by atoms with E-state index in [-0.39, 0.29) is 6.54 Å². The highest BCUT2D eigenvalue weighted by Gasteiger charge is 2.30. The van der Waals surface area contributed by atoms with Gasteiger partial charge in [-0.15, -0.1) is 0 Å². The molecule has 0 unspecified atom stereocenters. The Morgan fingerprint density at radius 3 is 2.44 bits per heavy atom. The fourth-order valence-corrected chi connectivity index (χ4v) is 1.78. The molecule has 0 aliphatic rings. The molecule has 2 N–H and O–H groups in total. The van der Waals surface area contributed by atoms with Gasteiger partial charge in [0.25, 0.3) is 0 Å². The third kappa shape index (κ3) is 3.13. The first kappa shape index (κ1) is 12.8. The first-order valence-electron chi connectivity index (χ1n) is 4.91. The number of anilines is 1. The molecule has 1 aromatic rings. The molecule has 0 fully saturated rings. The van der Waals surface area contributed by atoms with Gasteiger partial charge in [-0.25, -0.2) is 0 Å². The summed E-state index contributed by atoms with van der Waals surface area (Å²) in [6.07, 6.45) is -4.21. The van der Waals surface area contributed by atoms with E-state index in [0.717, 1.165) is 11.1 Å². The molecule has 0 atom stereocenters. The van der Waals surface area contributed by atoms with E-state index in [9.17, 15) is 13.2 Å². The summed E-state index contributed by atoms with van der Waals surface area (Å²) < 4.78 is 36.9. The number of aryl methyl sites for hydroxylation is 1. The van der Waals surface area contributed by atoms with E-state index in [1.54, 1.807) is 25.1 Å². The molecule has 0 saturated carbocycles. The minimum atomic E-state index is -4.21. The molecule has 0 bridgehead atoms. The van der Waals surface area contributed by atoms with Gasteiger partial charge in [0.15, 0.2) is 0 Å². The van der Waals surface area contributed by atoms with Gasteiger partial charge in [-0.2, -0.15) is 13.2 Å². The van der Waals surface area contributed by atoms with Crippen molar-refractivity contribution in [1.82, 2.24) is 0 Å². The molecule has 1 aromatic carbocycles. The lowest BCUT2D eigenvalue weighted by atomic mass is 10.1. The Hall–Kier alpha value is -1.23. The standard InChI is InChI=1S/C11H15F3N2/c1-8-4-3-5-9(6-15)10(8)16(2)7-11(12,13)14/h3-5H,6-7,15H2,1-2H3. The molecule has 0 aliphatic carbocycles. The summed E-state index contributed by atoms with van der Waals surface area (Å²) in [7, 11) is 1.43. The molecule has 90 valence electrons. The van der Waals surface area contributed by atoms with Gasteiger partial charge in [-0.1, -0.05) is 18.2 Å². The van der Waals surface area contributed by atoms with E-state index < -0.39 is 12.7 Å². The number of hydrogen-bond donors (Lipinski definition) is 1. The topological polar surface area (TPSA) is 29.3 Å². The van der Waals surface area contributed by atoms with Crippen molar-refractivity contribution in [2.24, 2.45) is 5.73 Å². The normalized spacial score (nSPS) is 11.6. The van der Waals surface area contributed by atoms with E-state index in [4.69, 9.17) is 5.73 Å². The summed E-state index contributed by atoms with van der Waals surface area (Å²) >= 11 is 0. The minimum Gasteiger partial charge on any atom is -0.365 e. The van der Waals surface area contributed by atoms with Gasteiger partial charge in [0, 0.05) is 19.3 Å². The van der Waals surface area contributed by atoms with Crippen LogP contribution in [-0.2, 0) is 6.54 Å². The second kappa shape index (κ2) is 4.74. The number of halogens is 3. The zero-order chi connectivity index (χ0) is 12.3. The van der Waals surface area contributed by atoms with Crippen molar-refractivity contribution in [1.29, 1.82) is 0 Å². The first-order valence-corrected chi connectivity index (χ1v) is 4.91. The van der Waals surface area contributed by atoms with E-state index in [0.29, 0.717) is 5.69 Å². The number of nitrogens with zero attached hydrogens (tertiary/aromatic N) is 1. The van der Waals surface area contributed by atoms with Crippen molar-refractivity contribution in [3.63, 3.8) is 0 Å². The lowest BCUT2D eigenvalue weighted by Crippen LogP contribution is -2.32. The van der Waals surface area contributed by atoms with Crippen LogP contribution in [0, 0.1) is 6.92 Å². The smallest absolute Gasteiger partial charge is 0.365 e. The molecular weight excluding hydrogens is 217 g/mol. The van der Waals surface area contributed by atoms with Gasteiger partial charge in [-0.05, 0) is 18.1 Å². The van der Waals surface area contributed by atoms with Crippen LogP contribution in [-0.4, -0.2) is 19.8 Å². The molecule has 5 heteroatoms. The molecule has 0 saturated heterocycles. The van der Waals surface area contributed by atoms with E-state index in [2.05, 4.69) is 0 Å². The second-order valence-electron chi connectivity index (χ2n) is 3.76. The number of benzene rings is 1. The van der Waals surface area contributed by atoms with Gasteiger partial charge in [-0.3, -0.25) is 0 Å². The number of para-hydroxylation sites is 1. The maximum Gasteiger partial charge on any atom is 0.405 e. The minimum absolute atomic E-state index is 0.235. The van der Waals surface area contributed by atoms with Crippen LogP contribution in [0.2, 0.25) is 0 Å². The summed E-state index contributed by atoms with van der Waals surface area (Å²) in [4.78, 5) is 1.19. The quantitative estimate of drug-likeness (QED) is 0.867. The number of alkyl halides is 3. The van der Waals surface area contributed by atoms with Gasteiger partial charge >= 0.3 is 6.18 Å². The van der Waals surface area contributed by atoms with Crippen LogP contribution in [0.4, 0.5) is 18.9 Å². The molecule has 0 radical (unpaired) electrons.